The molecule has 5 aliphatic rings. The topological polar surface area (TPSA) is 76.7 Å². The van der Waals surface area contributed by atoms with Crippen molar-refractivity contribution < 1.29 is 23.8 Å². The van der Waals surface area contributed by atoms with Crippen LogP contribution in [-0.2, 0) is 14.3 Å². The van der Waals surface area contributed by atoms with Crippen LogP contribution in [0.3, 0.4) is 0 Å². The molecule has 1 aromatic heterocycles. The lowest BCUT2D eigenvalue weighted by molar-refractivity contribution is -0.188. The Bertz CT molecular complexity index is 1020. The van der Waals surface area contributed by atoms with Gasteiger partial charge in [0, 0.05) is 24.2 Å². The highest BCUT2D eigenvalue weighted by atomic mass is 16.6. The summed E-state index contributed by atoms with van der Waals surface area (Å²) in [5, 5.41) is 11.8. The van der Waals surface area contributed by atoms with E-state index >= 15 is 0 Å². The molecule has 1 aromatic rings. The Labute approximate surface area is 189 Å². The highest BCUT2D eigenvalue weighted by Gasteiger charge is 2.70. The minimum Gasteiger partial charge on any atom is -0.466 e. The van der Waals surface area contributed by atoms with Crippen molar-refractivity contribution in [3.8, 4) is 0 Å². The summed E-state index contributed by atoms with van der Waals surface area (Å²) in [5.74, 6) is 2.79. The van der Waals surface area contributed by atoms with Crippen molar-refractivity contribution in [3.05, 3.63) is 35.3 Å². The van der Waals surface area contributed by atoms with Gasteiger partial charge in [0.05, 0.1) is 6.10 Å². The van der Waals surface area contributed by atoms with E-state index in [9.17, 15) is 14.7 Å². The number of ketones is 1. The second-order valence-electron chi connectivity index (χ2n) is 11.7. The van der Waals surface area contributed by atoms with Crippen LogP contribution in [0.15, 0.2) is 28.2 Å². The van der Waals surface area contributed by atoms with Gasteiger partial charge in [-0.25, -0.2) is 0 Å². The summed E-state index contributed by atoms with van der Waals surface area (Å²) < 4.78 is 12.3. The standard InChI is InChI=1S/C27H34O5/c1-15-4-5-21(31-15)18-13-16-12-17(28)6-9-25(16,2)24-20(29)14-26(3)19(23(18)24)7-10-27(26)11-8-22(30)32-27/h4-5,12,18-20,23-24,29H,6-11,13-14H2,1-3H3/t18-,19?,20+,23-,24?,25-,26-,27?/m0/s1. The van der Waals surface area contributed by atoms with E-state index in [1.165, 1.54) is 5.57 Å². The van der Waals surface area contributed by atoms with Crippen molar-refractivity contribution in [1.29, 1.82) is 0 Å². The molecule has 32 heavy (non-hydrogen) atoms. The van der Waals surface area contributed by atoms with Gasteiger partial charge in [-0.2, -0.15) is 0 Å². The fourth-order valence-electron chi connectivity index (χ4n) is 8.90. The first-order chi connectivity index (χ1) is 15.2. The minimum atomic E-state index is -0.490. The van der Waals surface area contributed by atoms with E-state index in [0.29, 0.717) is 25.2 Å². The van der Waals surface area contributed by atoms with Gasteiger partial charge in [-0.05, 0) is 86.8 Å². The van der Waals surface area contributed by atoms with Crippen molar-refractivity contribution in [3.63, 3.8) is 0 Å². The summed E-state index contributed by atoms with van der Waals surface area (Å²) >= 11 is 0. The largest absolute Gasteiger partial charge is 0.466 e. The highest BCUT2D eigenvalue weighted by molar-refractivity contribution is 5.91. The van der Waals surface area contributed by atoms with Gasteiger partial charge in [-0.15, -0.1) is 0 Å². The number of ether oxygens (including phenoxy) is 1. The zero-order chi connectivity index (χ0) is 22.5. The number of allylic oxidation sites excluding steroid dienone is 1. The van der Waals surface area contributed by atoms with E-state index < -0.39 is 11.7 Å². The fraction of sp³-hybridized carbons (Fsp3) is 0.704. The Morgan fingerprint density at radius 3 is 2.59 bits per heavy atom. The number of hydrogen-bond donors (Lipinski definition) is 1. The van der Waals surface area contributed by atoms with Crippen LogP contribution in [-0.4, -0.2) is 28.6 Å². The maximum Gasteiger partial charge on any atom is 0.306 e. The highest BCUT2D eigenvalue weighted by Crippen LogP contribution is 2.71. The normalized spacial score (nSPS) is 47.6. The number of aliphatic hydroxyl groups excluding tert-OH is 1. The molecule has 1 spiro atoms. The third kappa shape index (κ3) is 2.55. The summed E-state index contributed by atoms with van der Waals surface area (Å²) in [4.78, 5) is 24.6. The van der Waals surface area contributed by atoms with E-state index in [0.717, 1.165) is 43.6 Å². The van der Waals surface area contributed by atoms with Gasteiger partial charge >= 0.3 is 5.97 Å². The van der Waals surface area contributed by atoms with Gasteiger partial charge in [0.1, 0.15) is 17.1 Å². The molecule has 6 rings (SSSR count). The van der Waals surface area contributed by atoms with Gasteiger partial charge in [0.2, 0.25) is 0 Å². The zero-order valence-electron chi connectivity index (χ0n) is 19.4. The quantitative estimate of drug-likeness (QED) is 0.634. The summed E-state index contributed by atoms with van der Waals surface area (Å²) in [5.41, 5.74) is 0.349. The predicted octanol–water partition coefficient (Wildman–Crippen LogP) is 4.86. The Morgan fingerprint density at radius 1 is 1.09 bits per heavy atom. The van der Waals surface area contributed by atoms with Crippen LogP contribution in [0, 0.1) is 35.5 Å². The number of rotatable bonds is 1. The minimum absolute atomic E-state index is 0.0799. The molecule has 4 fully saturated rings. The van der Waals surface area contributed by atoms with Crippen LogP contribution in [0.4, 0.5) is 0 Å². The lowest BCUT2D eigenvalue weighted by Crippen LogP contribution is -2.61. The van der Waals surface area contributed by atoms with E-state index in [1.807, 2.05) is 19.1 Å². The Morgan fingerprint density at radius 2 is 1.91 bits per heavy atom. The SMILES string of the molecule is Cc1ccc([C@@H]2CC3=CC(=O)CC[C@]3(C)C3[C@@H]2C2CCC4(CCC(=O)O4)[C@@]2(C)C[C@H]3O)o1. The molecule has 2 heterocycles. The third-order valence-electron chi connectivity index (χ3n) is 10.4. The molecule has 8 atom stereocenters. The van der Waals surface area contributed by atoms with Crippen LogP contribution in [0.25, 0.3) is 0 Å². The number of aliphatic hydroxyl groups is 1. The average Bonchev–Trinajstić information content (AvgIpc) is 3.40. The summed E-state index contributed by atoms with van der Waals surface area (Å²) in [6, 6.07) is 4.11. The van der Waals surface area contributed by atoms with Gasteiger partial charge in [0.15, 0.2) is 5.78 Å². The van der Waals surface area contributed by atoms with Crippen LogP contribution >= 0.6 is 0 Å². The van der Waals surface area contributed by atoms with Gasteiger partial charge in [-0.3, -0.25) is 9.59 Å². The average molecular weight is 439 g/mol. The molecule has 1 aliphatic heterocycles. The van der Waals surface area contributed by atoms with Gasteiger partial charge in [0.25, 0.3) is 0 Å². The number of carbonyl (C=O) groups is 2. The summed E-state index contributed by atoms with van der Waals surface area (Å²) in [6.45, 7) is 6.52. The molecular weight excluding hydrogens is 404 g/mol. The monoisotopic (exact) mass is 438 g/mol. The van der Waals surface area contributed by atoms with Crippen LogP contribution in [0.5, 0.6) is 0 Å². The van der Waals surface area contributed by atoms with Crippen molar-refractivity contribution in [1.82, 2.24) is 0 Å². The van der Waals surface area contributed by atoms with Crippen molar-refractivity contribution >= 4 is 11.8 Å². The van der Waals surface area contributed by atoms with Crippen molar-refractivity contribution in [2.24, 2.45) is 28.6 Å². The molecule has 5 nitrogen and oxygen atoms in total. The fourth-order valence-corrected chi connectivity index (χ4v) is 8.90. The molecule has 5 heteroatoms. The smallest absolute Gasteiger partial charge is 0.306 e. The molecule has 0 bridgehead atoms. The predicted molar refractivity (Wildman–Crippen MR) is 118 cm³/mol. The van der Waals surface area contributed by atoms with Crippen molar-refractivity contribution in [2.75, 3.05) is 0 Å². The van der Waals surface area contributed by atoms with Gasteiger partial charge < -0.3 is 14.3 Å². The molecule has 172 valence electrons. The second kappa shape index (κ2) is 6.59. The first-order valence-corrected chi connectivity index (χ1v) is 12.4. The summed E-state index contributed by atoms with van der Waals surface area (Å²) in [6.07, 6.45) is 7.38. The van der Waals surface area contributed by atoms with Crippen LogP contribution in [0.1, 0.15) is 82.7 Å². The Kier molecular flexibility index (Phi) is 4.26. The molecular formula is C27H34O5. The second-order valence-corrected chi connectivity index (χ2v) is 11.7. The van der Waals surface area contributed by atoms with E-state index in [2.05, 4.69) is 19.9 Å². The molecule has 0 amide bonds. The zero-order valence-corrected chi connectivity index (χ0v) is 19.4. The lowest BCUT2D eigenvalue weighted by Gasteiger charge is -2.62. The molecule has 3 unspecified atom stereocenters. The maximum atomic E-state index is 12.4. The molecule has 0 aromatic carbocycles. The number of aryl methyl sites for hydroxylation is 1. The van der Waals surface area contributed by atoms with Crippen molar-refractivity contribution in [2.45, 2.75) is 89.8 Å². The lowest BCUT2D eigenvalue weighted by atomic mass is 9.43. The molecule has 1 saturated heterocycles. The van der Waals surface area contributed by atoms with E-state index in [4.69, 9.17) is 9.15 Å². The Balaban J connectivity index is 1.50. The Hall–Kier alpha value is -1.88. The van der Waals surface area contributed by atoms with E-state index in [1.54, 1.807) is 0 Å². The number of carbonyl (C=O) groups excluding carboxylic acids is 2. The first-order valence-electron chi connectivity index (χ1n) is 12.4. The molecule has 0 radical (unpaired) electrons. The van der Waals surface area contributed by atoms with E-state index in [-0.39, 0.29) is 40.3 Å². The summed E-state index contributed by atoms with van der Waals surface area (Å²) in [7, 11) is 0. The van der Waals surface area contributed by atoms with Crippen LogP contribution in [0.2, 0.25) is 0 Å². The first kappa shape index (κ1) is 20.7. The van der Waals surface area contributed by atoms with Gasteiger partial charge in [-0.1, -0.05) is 19.4 Å². The molecule has 4 aliphatic carbocycles. The molecule has 3 saturated carbocycles. The number of esters is 1. The van der Waals surface area contributed by atoms with Crippen LogP contribution < -0.4 is 0 Å². The third-order valence-corrected chi connectivity index (χ3v) is 10.4. The number of hydrogen-bond acceptors (Lipinski definition) is 5. The molecule has 1 N–H and O–H groups in total. The number of fused-ring (bicyclic) bond motifs is 6. The maximum absolute atomic E-state index is 12.4. The number of furan rings is 1.